The third-order valence-electron chi connectivity index (χ3n) is 4.28. The van der Waals surface area contributed by atoms with Gasteiger partial charge in [0.1, 0.15) is 10.8 Å². The van der Waals surface area contributed by atoms with E-state index in [1.165, 1.54) is 36.7 Å². The molecule has 0 fully saturated rings. The smallest absolute Gasteiger partial charge is 0.389 e. The van der Waals surface area contributed by atoms with E-state index in [2.05, 4.69) is 9.84 Å². The number of rotatable bonds is 8. The molecule has 0 aliphatic carbocycles. The van der Waals surface area contributed by atoms with Crippen LogP contribution in [-0.4, -0.2) is 33.6 Å². The van der Waals surface area contributed by atoms with E-state index in [1.54, 1.807) is 6.92 Å². The van der Waals surface area contributed by atoms with Crippen molar-refractivity contribution in [3.63, 3.8) is 0 Å². The van der Waals surface area contributed by atoms with Crippen LogP contribution in [0.2, 0.25) is 5.02 Å². The molecule has 0 bridgehead atoms. The van der Waals surface area contributed by atoms with Crippen LogP contribution in [0.5, 0.6) is 5.75 Å². The molecule has 2 aromatic rings. The second-order valence-corrected chi connectivity index (χ2v) is 7.85. The van der Waals surface area contributed by atoms with Gasteiger partial charge in [0, 0.05) is 18.5 Å². The molecule has 1 heterocycles. The monoisotopic (exact) mass is 454 g/mol. The Labute approximate surface area is 174 Å². The summed E-state index contributed by atoms with van der Waals surface area (Å²) in [5, 5.41) is 12.8. The van der Waals surface area contributed by atoms with E-state index in [9.17, 15) is 31.9 Å². The number of carbonyl (C=O) groups is 1. The maximum atomic E-state index is 13.0. The van der Waals surface area contributed by atoms with Crippen molar-refractivity contribution in [2.45, 2.75) is 52.9 Å². The summed E-state index contributed by atoms with van der Waals surface area (Å²) < 4.78 is 70.2. The standard InChI is InChI=1S/C19H20ClF5N2O3/c1-4-27-15(13(20)14(26-27)16(28)29)11-6-5-10(7-12(11)30-17(21)22)8-18(2,3)9-19(23,24)25/h5-7,17H,4,8-9H2,1-3H3,(H,28,29). The lowest BCUT2D eigenvalue weighted by Crippen LogP contribution is -2.24. The molecule has 11 heteroatoms. The lowest BCUT2D eigenvalue weighted by atomic mass is 9.82. The normalized spacial score (nSPS) is 12.5. The van der Waals surface area contributed by atoms with Crippen molar-refractivity contribution < 1.29 is 36.6 Å². The van der Waals surface area contributed by atoms with Crippen molar-refractivity contribution in [3.8, 4) is 17.0 Å². The number of aryl methyl sites for hydroxylation is 1. The number of hydrogen-bond acceptors (Lipinski definition) is 3. The fourth-order valence-corrected chi connectivity index (χ4v) is 3.60. The number of aromatic nitrogens is 2. The predicted octanol–water partition coefficient (Wildman–Crippen LogP) is 6.04. The zero-order valence-electron chi connectivity index (χ0n) is 16.4. The van der Waals surface area contributed by atoms with E-state index in [1.807, 2.05) is 0 Å². The van der Waals surface area contributed by atoms with Crippen LogP contribution in [0.3, 0.4) is 0 Å². The summed E-state index contributed by atoms with van der Waals surface area (Å²) in [7, 11) is 0. The minimum Gasteiger partial charge on any atom is -0.476 e. The first-order valence-corrected chi connectivity index (χ1v) is 9.26. The van der Waals surface area contributed by atoms with Gasteiger partial charge in [-0.2, -0.15) is 27.1 Å². The average Bonchev–Trinajstić information content (AvgIpc) is 2.88. The molecule has 0 spiro atoms. The Balaban J connectivity index is 2.54. The van der Waals surface area contributed by atoms with Crippen LogP contribution in [-0.2, 0) is 13.0 Å². The van der Waals surface area contributed by atoms with Gasteiger partial charge >= 0.3 is 18.8 Å². The number of benzene rings is 1. The van der Waals surface area contributed by atoms with E-state index < -0.39 is 36.3 Å². The van der Waals surface area contributed by atoms with Crippen molar-refractivity contribution in [2.75, 3.05) is 0 Å². The Morgan fingerprint density at radius 3 is 2.43 bits per heavy atom. The maximum Gasteiger partial charge on any atom is 0.389 e. The fraction of sp³-hybridized carbons (Fsp3) is 0.474. The summed E-state index contributed by atoms with van der Waals surface area (Å²) in [6, 6.07) is 4.04. The molecule has 5 nitrogen and oxygen atoms in total. The second kappa shape index (κ2) is 8.79. The Kier molecular flexibility index (Phi) is 7.01. The molecule has 0 radical (unpaired) electrons. The van der Waals surface area contributed by atoms with Gasteiger partial charge in [-0.1, -0.05) is 31.5 Å². The molecule has 30 heavy (non-hydrogen) atoms. The van der Waals surface area contributed by atoms with Gasteiger partial charge in [0.05, 0.1) is 5.69 Å². The Morgan fingerprint density at radius 2 is 1.93 bits per heavy atom. The van der Waals surface area contributed by atoms with Crippen molar-refractivity contribution in [1.82, 2.24) is 9.78 Å². The van der Waals surface area contributed by atoms with Crippen molar-refractivity contribution in [2.24, 2.45) is 5.41 Å². The highest BCUT2D eigenvalue weighted by atomic mass is 35.5. The third-order valence-corrected chi connectivity index (χ3v) is 4.63. The lowest BCUT2D eigenvalue weighted by molar-refractivity contribution is -0.154. The SMILES string of the molecule is CCn1nc(C(=O)O)c(Cl)c1-c1ccc(CC(C)(C)CC(F)(F)F)cc1OC(F)F. The van der Waals surface area contributed by atoms with Gasteiger partial charge in [0.2, 0.25) is 0 Å². The summed E-state index contributed by atoms with van der Waals surface area (Å²) in [5.74, 6) is -1.73. The molecule has 0 aliphatic rings. The van der Waals surface area contributed by atoms with Gasteiger partial charge in [-0.3, -0.25) is 4.68 Å². The molecule has 2 rings (SSSR count). The highest BCUT2D eigenvalue weighted by Crippen LogP contribution is 2.40. The second-order valence-electron chi connectivity index (χ2n) is 7.47. The molecular formula is C19H20ClF5N2O3. The van der Waals surface area contributed by atoms with E-state index in [4.69, 9.17) is 11.6 Å². The molecule has 0 atom stereocenters. The Morgan fingerprint density at radius 1 is 1.30 bits per heavy atom. The first kappa shape index (κ1) is 23.9. The van der Waals surface area contributed by atoms with Crippen LogP contribution in [0.15, 0.2) is 18.2 Å². The van der Waals surface area contributed by atoms with E-state index >= 15 is 0 Å². The lowest BCUT2D eigenvalue weighted by Gasteiger charge is -2.26. The molecule has 0 amide bonds. The molecule has 0 aliphatic heterocycles. The van der Waals surface area contributed by atoms with Crippen LogP contribution in [0, 0.1) is 5.41 Å². The number of halogens is 6. The van der Waals surface area contributed by atoms with Crippen LogP contribution >= 0.6 is 11.6 Å². The highest BCUT2D eigenvalue weighted by Gasteiger charge is 2.36. The Hall–Kier alpha value is -2.36. The largest absolute Gasteiger partial charge is 0.476 e. The summed E-state index contributed by atoms with van der Waals surface area (Å²) >= 11 is 6.13. The predicted molar refractivity (Wildman–Crippen MR) is 100 cm³/mol. The molecule has 1 aromatic heterocycles. The van der Waals surface area contributed by atoms with Crippen LogP contribution in [0.4, 0.5) is 22.0 Å². The number of nitrogens with zero attached hydrogens (tertiary/aromatic N) is 2. The van der Waals surface area contributed by atoms with Gasteiger partial charge in [0.25, 0.3) is 0 Å². The van der Waals surface area contributed by atoms with Gasteiger partial charge in [-0.05, 0) is 36.5 Å². The average molecular weight is 455 g/mol. The van der Waals surface area contributed by atoms with Crippen LogP contribution in [0.25, 0.3) is 11.3 Å². The van der Waals surface area contributed by atoms with Gasteiger partial charge in [-0.15, -0.1) is 0 Å². The number of hydrogen-bond donors (Lipinski definition) is 1. The zero-order chi connectivity index (χ0) is 22.9. The highest BCUT2D eigenvalue weighted by molar-refractivity contribution is 6.35. The topological polar surface area (TPSA) is 64.4 Å². The van der Waals surface area contributed by atoms with Crippen LogP contribution < -0.4 is 4.74 Å². The first-order chi connectivity index (χ1) is 13.7. The summed E-state index contributed by atoms with van der Waals surface area (Å²) in [6.45, 7) is 1.48. The van der Waals surface area contributed by atoms with Crippen molar-refractivity contribution >= 4 is 17.6 Å². The number of aromatic carboxylic acids is 1. The number of carboxylic acids is 1. The number of carboxylic acid groups (broad SMARTS) is 1. The van der Waals surface area contributed by atoms with Gasteiger partial charge < -0.3 is 9.84 Å². The van der Waals surface area contributed by atoms with E-state index in [-0.39, 0.29) is 35.0 Å². The fourth-order valence-electron chi connectivity index (χ4n) is 3.29. The van der Waals surface area contributed by atoms with E-state index in [0.29, 0.717) is 5.56 Å². The maximum absolute atomic E-state index is 13.0. The van der Waals surface area contributed by atoms with E-state index in [0.717, 1.165) is 0 Å². The molecule has 0 unspecified atom stereocenters. The van der Waals surface area contributed by atoms with Crippen LogP contribution in [0.1, 0.15) is 43.2 Å². The number of alkyl halides is 5. The summed E-state index contributed by atoms with van der Waals surface area (Å²) in [4.78, 5) is 11.3. The molecule has 1 aromatic carbocycles. The van der Waals surface area contributed by atoms with Gasteiger partial charge in [-0.25, -0.2) is 4.79 Å². The third kappa shape index (κ3) is 5.84. The molecule has 0 saturated carbocycles. The molecule has 0 saturated heterocycles. The molecule has 1 N–H and O–H groups in total. The minimum atomic E-state index is -4.37. The quantitative estimate of drug-likeness (QED) is 0.493. The Bertz CT molecular complexity index is 926. The first-order valence-electron chi connectivity index (χ1n) is 8.88. The summed E-state index contributed by atoms with van der Waals surface area (Å²) in [5.41, 5.74) is -1.16. The zero-order valence-corrected chi connectivity index (χ0v) is 17.1. The molecule has 166 valence electrons. The van der Waals surface area contributed by atoms with Crippen molar-refractivity contribution in [1.29, 1.82) is 0 Å². The van der Waals surface area contributed by atoms with Crippen molar-refractivity contribution in [3.05, 3.63) is 34.5 Å². The molecular weight excluding hydrogens is 435 g/mol. The van der Waals surface area contributed by atoms with Gasteiger partial charge in [0.15, 0.2) is 5.69 Å². The minimum absolute atomic E-state index is 0.0481. The summed E-state index contributed by atoms with van der Waals surface area (Å²) in [6.07, 6.45) is -5.48. The number of ether oxygens (including phenoxy) is 1.